The smallest absolute Gasteiger partial charge is 0.265 e. The maximum atomic E-state index is 12.0. The maximum Gasteiger partial charge on any atom is 0.265 e. The lowest BCUT2D eigenvalue weighted by atomic mass is 10.3. The van der Waals surface area contributed by atoms with Gasteiger partial charge in [0, 0.05) is 13.2 Å². The molecule has 0 aliphatic carbocycles. The highest BCUT2D eigenvalue weighted by Gasteiger charge is 2.18. The predicted molar refractivity (Wildman–Crippen MR) is 67.1 cm³/mol. The Balaban J connectivity index is 2.37. The molecular weight excluding hydrogens is 278 g/mol. The van der Waals surface area contributed by atoms with Crippen molar-refractivity contribution in [2.24, 2.45) is 7.05 Å². The molecule has 96 valence electrons. The number of sulfonamides is 1. The minimum Gasteiger partial charge on any atom is -0.504 e. The van der Waals surface area contributed by atoms with Crippen LogP contribution < -0.4 is 4.72 Å². The lowest BCUT2D eigenvalue weighted by molar-refractivity contribution is 0.478. The fourth-order valence-corrected chi connectivity index (χ4v) is 2.56. The Kier molecular flexibility index (Phi) is 3.18. The molecule has 2 N–H and O–H groups in total. The van der Waals surface area contributed by atoms with Crippen molar-refractivity contribution in [1.82, 2.24) is 9.78 Å². The van der Waals surface area contributed by atoms with Crippen LogP contribution in [0.3, 0.4) is 0 Å². The largest absolute Gasteiger partial charge is 0.504 e. The van der Waals surface area contributed by atoms with Crippen LogP contribution in [0, 0.1) is 0 Å². The van der Waals surface area contributed by atoms with Crippen LogP contribution in [0.15, 0.2) is 35.5 Å². The molecule has 0 aliphatic rings. The Hall–Kier alpha value is -1.73. The average Bonchev–Trinajstić information content (AvgIpc) is 2.72. The van der Waals surface area contributed by atoms with Gasteiger partial charge in [-0.05, 0) is 12.1 Å². The highest BCUT2D eigenvalue weighted by atomic mass is 35.5. The summed E-state index contributed by atoms with van der Waals surface area (Å²) in [5, 5.41) is 13.5. The molecular formula is C10H10ClN3O3S. The first-order valence-corrected chi connectivity index (χ1v) is 6.75. The summed E-state index contributed by atoms with van der Waals surface area (Å²) in [6, 6.07) is 4.40. The Labute approximate surface area is 109 Å². The van der Waals surface area contributed by atoms with E-state index in [9.17, 15) is 13.5 Å². The highest BCUT2D eigenvalue weighted by Crippen LogP contribution is 2.32. The molecule has 0 fully saturated rings. The van der Waals surface area contributed by atoms with Crippen LogP contribution in [0.25, 0.3) is 0 Å². The van der Waals surface area contributed by atoms with E-state index in [4.69, 9.17) is 11.6 Å². The molecule has 8 heteroatoms. The second-order valence-electron chi connectivity index (χ2n) is 3.59. The highest BCUT2D eigenvalue weighted by molar-refractivity contribution is 7.92. The molecule has 18 heavy (non-hydrogen) atoms. The number of hydrogen-bond acceptors (Lipinski definition) is 4. The van der Waals surface area contributed by atoms with Crippen molar-refractivity contribution in [3.8, 4) is 5.75 Å². The molecule has 0 amide bonds. The lowest BCUT2D eigenvalue weighted by Gasteiger charge is -2.08. The summed E-state index contributed by atoms with van der Waals surface area (Å²) in [4.78, 5) is 0.00405. The average molecular weight is 288 g/mol. The van der Waals surface area contributed by atoms with Crippen LogP contribution in [0.5, 0.6) is 5.75 Å². The van der Waals surface area contributed by atoms with E-state index in [0.29, 0.717) is 0 Å². The predicted octanol–water partition coefficient (Wildman–Crippen LogP) is 1.58. The topological polar surface area (TPSA) is 84.2 Å². The van der Waals surface area contributed by atoms with Gasteiger partial charge in [0.2, 0.25) is 0 Å². The van der Waals surface area contributed by atoms with Gasteiger partial charge >= 0.3 is 0 Å². The third-order valence-electron chi connectivity index (χ3n) is 2.22. The van der Waals surface area contributed by atoms with Gasteiger partial charge in [0.1, 0.15) is 4.90 Å². The molecule has 0 saturated carbocycles. The van der Waals surface area contributed by atoms with Crippen LogP contribution in [0.4, 0.5) is 5.69 Å². The lowest BCUT2D eigenvalue weighted by Crippen LogP contribution is -2.12. The number of nitrogens with zero attached hydrogens (tertiary/aromatic N) is 2. The van der Waals surface area contributed by atoms with Gasteiger partial charge in [-0.25, -0.2) is 8.42 Å². The third kappa shape index (κ3) is 2.41. The first kappa shape index (κ1) is 12.7. The molecule has 0 spiro atoms. The molecule has 6 nitrogen and oxygen atoms in total. The number of aryl methyl sites for hydroxylation is 1. The molecule has 2 rings (SSSR count). The van der Waals surface area contributed by atoms with E-state index in [2.05, 4.69) is 9.82 Å². The molecule has 1 heterocycles. The van der Waals surface area contributed by atoms with Gasteiger partial charge in [-0.3, -0.25) is 9.40 Å². The van der Waals surface area contributed by atoms with E-state index >= 15 is 0 Å². The second kappa shape index (κ2) is 4.51. The zero-order chi connectivity index (χ0) is 13.3. The van der Waals surface area contributed by atoms with Crippen LogP contribution in [0.2, 0.25) is 5.02 Å². The number of nitrogens with one attached hydrogen (secondary N) is 1. The number of halogens is 1. The van der Waals surface area contributed by atoms with E-state index in [1.165, 1.54) is 35.3 Å². The summed E-state index contributed by atoms with van der Waals surface area (Å²) >= 11 is 5.69. The number of rotatable bonds is 3. The number of benzene rings is 1. The summed E-state index contributed by atoms with van der Waals surface area (Å²) in [6.45, 7) is 0. The first-order chi connectivity index (χ1) is 8.40. The van der Waals surface area contributed by atoms with E-state index in [1.54, 1.807) is 7.05 Å². The van der Waals surface area contributed by atoms with E-state index < -0.39 is 10.0 Å². The number of phenols is 1. The monoisotopic (exact) mass is 287 g/mol. The molecule has 0 radical (unpaired) electrons. The van der Waals surface area contributed by atoms with Gasteiger partial charge in [-0.15, -0.1) is 0 Å². The minimum absolute atomic E-state index is 0.00405. The fourth-order valence-electron chi connectivity index (χ4n) is 1.34. The summed E-state index contributed by atoms with van der Waals surface area (Å²) in [7, 11) is -2.18. The van der Waals surface area contributed by atoms with E-state index in [0.717, 1.165) is 0 Å². The number of phenolic OH excluding ortho intramolecular Hbond substituents is 1. The molecule has 2 aromatic rings. The van der Waals surface area contributed by atoms with Gasteiger partial charge in [0.25, 0.3) is 10.0 Å². The maximum absolute atomic E-state index is 12.0. The van der Waals surface area contributed by atoms with Crippen LogP contribution >= 0.6 is 11.6 Å². The Morgan fingerprint density at radius 1 is 1.44 bits per heavy atom. The summed E-state index contributed by atoms with van der Waals surface area (Å²) in [5.74, 6) is -0.313. The summed E-state index contributed by atoms with van der Waals surface area (Å²) < 4.78 is 27.5. The number of para-hydroxylation sites is 1. The summed E-state index contributed by atoms with van der Waals surface area (Å²) in [6.07, 6.45) is 2.56. The van der Waals surface area contributed by atoms with Crippen LogP contribution in [-0.2, 0) is 17.1 Å². The number of aromatic nitrogens is 2. The SMILES string of the molecule is Cn1cc(S(=O)(=O)Nc2cccc(Cl)c2O)cn1. The third-order valence-corrected chi connectivity index (χ3v) is 3.85. The van der Waals surface area contributed by atoms with Gasteiger partial charge in [-0.1, -0.05) is 17.7 Å². The Morgan fingerprint density at radius 2 is 2.17 bits per heavy atom. The van der Waals surface area contributed by atoms with Crippen molar-refractivity contribution < 1.29 is 13.5 Å². The first-order valence-electron chi connectivity index (χ1n) is 4.89. The van der Waals surface area contributed by atoms with Crippen molar-refractivity contribution in [2.45, 2.75) is 4.90 Å². The number of aromatic hydroxyl groups is 1. The van der Waals surface area contributed by atoms with Crippen LogP contribution in [0.1, 0.15) is 0 Å². The molecule has 0 bridgehead atoms. The Morgan fingerprint density at radius 3 is 2.78 bits per heavy atom. The Bertz CT molecular complexity index is 681. The fraction of sp³-hybridized carbons (Fsp3) is 0.100. The molecule has 1 aromatic heterocycles. The second-order valence-corrected chi connectivity index (χ2v) is 5.68. The van der Waals surface area contributed by atoms with Crippen molar-refractivity contribution >= 4 is 27.3 Å². The molecule has 0 aliphatic heterocycles. The molecule has 0 saturated heterocycles. The van der Waals surface area contributed by atoms with Crippen molar-refractivity contribution in [1.29, 1.82) is 0 Å². The van der Waals surface area contributed by atoms with Crippen LogP contribution in [-0.4, -0.2) is 23.3 Å². The minimum atomic E-state index is -3.78. The molecule has 0 unspecified atom stereocenters. The van der Waals surface area contributed by atoms with Crippen molar-refractivity contribution in [2.75, 3.05) is 4.72 Å². The van der Waals surface area contributed by atoms with Gasteiger partial charge in [0.15, 0.2) is 5.75 Å². The van der Waals surface area contributed by atoms with Gasteiger partial charge < -0.3 is 5.11 Å². The molecule has 1 aromatic carbocycles. The normalized spacial score (nSPS) is 11.4. The van der Waals surface area contributed by atoms with Gasteiger partial charge in [0.05, 0.1) is 16.9 Å². The number of hydrogen-bond donors (Lipinski definition) is 2. The quantitative estimate of drug-likeness (QED) is 0.840. The van der Waals surface area contributed by atoms with E-state index in [1.807, 2.05) is 0 Å². The van der Waals surface area contributed by atoms with Crippen molar-refractivity contribution in [3.05, 3.63) is 35.6 Å². The zero-order valence-corrected chi connectivity index (χ0v) is 10.9. The van der Waals surface area contributed by atoms with E-state index in [-0.39, 0.29) is 21.4 Å². The van der Waals surface area contributed by atoms with Gasteiger partial charge in [-0.2, -0.15) is 5.10 Å². The molecule has 0 atom stereocenters. The van der Waals surface area contributed by atoms with Crippen molar-refractivity contribution in [3.63, 3.8) is 0 Å². The zero-order valence-electron chi connectivity index (χ0n) is 9.33. The number of anilines is 1. The standard InChI is InChI=1S/C10H10ClN3O3S/c1-14-6-7(5-12-14)18(16,17)13-9-4-2-3-8(11)10(9)15/h2-6,13,15H,1H3. The summed E-state index contributed by atoms with van der Waals surface area (Å²) in [5.41, 5.74) is 0.0198.